The van der Waals surface area contributed by atoms with Crippen LogP contribution < -0.4 is 16.6 Å². The molecule has 0 saturated carbocycles. The van der Waals surface area contributed by atoms with Gasteiger partial charge in [-0.1, -0.05) is 24.3 Å². The second-order valence-electron chi connectivity index (χ2n) is 9.75. The predicted octanol–water partition coefficient (Wildman–Crippen LogP) is 1.73. The number of hydrogen-bond acceptors (Lipinski definition) is 9. The van der Waals surface area contributed by atoms with Gasteiger partial charge in [0, 0.05) is 19.0 Å². The summed E-state index contributed by atoms with van der Waals surface area (Å²) in [6.45, 7) is 1.42. The number of nitrogens with zero attached hydrogens (tertiary/aromatic N) is 3. The molecule has 1 amide bonds. The number of phosphoric acid groups is 1. The molecule has 0 spiro atoms. The Bertz CT molecular complexity index is 1760. The van der Waals surface area contributed by atoms with E-state index in [9.17, 15) is 29.0 Å². The van der Waals surface area contributed by atoms with Gasteiger partial charge < -0.3 is 30.7 Å². The van der Waals surface area contributed by atoms with Crippen LogP contribution >= 0.6 is 7.82 Å². The van der Waals surface area contributed by atoms with E-state index in [-0.39, 0.29) is 29.4 Å². The normalized spacial score (nSPS) is 20.9. The zero-order valence-electron chi connectivity index (χ0n) is 21.0. The third-order valence-electron chi connectivity index (χ3n) is 7.05. The van der Waals surface area contributed by atoms with E-state index in [1.807, 2.05) is 18.2 Å². The molecule has 3 heterocycles. The number of rotatable bonds is 6. The molecule has 7 N–H and O–H groups in total. The van der Waals surface area contributed by atoms with Crippen molar-refractivity contribution in [1.29, 1.82) is 0 Å². The molecule has 2 aromatic carbocycles. The van der Waals surface area contributed by atoms with Crippen LogP contribution in [0.2, 0.25) is 0 Å². The van der Waals surface area contributed by atoms with Crippen LogP contribution in [0.4, 0.5) is 11.6 Å². The van der Waals surface area contributed by atoms with Gasteiger partial charge in [-0.15, -0.1) is 0 Å². The van der Waals surface area contributed by atoms with E-state index in [2.05, 4.69) is 20.3 Å². The summed E-state index contributed by atoms with van der Waals surface area (Å²) in [5, 5.41) is 13.8. The molecule has 6 rings (SSSR count). The molecule has 4 aromatic rings. The molecule has 1 aliphatic heterocycles. The van der Waals surface area contributed by atoms with Crippen molar-refractivity contribution in [3.8, 4) is 11.1 Å². The zero-order valence-corrected chi connectivity index (χ0v) is 21.9. The summed E-state index contributed by atoms with van der Waals surface area (Å²) in [6, 6.07) is 10.8. The lowest BCUT2D eigenvalue weighted by Gasteiger charge is -2.28. The Morgan fingerprint density at radius 2 is 2.10 bits per heavy atom. The number of nitrogens with one attached hydrogen (secondary N) is 2. The molecule has 1 unspecified atom stereocenters. The number of hydrogen-bond donors (Lipinski definition) is 6. The number of H-pyrrole nitrogens is 1. The van der Waals surface area contributed by atoms with Crippen LogP contribution in [0.25, 0.3) is 22.3 Å². The SMILES string of the molecule is CC(=O)Nc1ccc2c(c1)Cc1c-2cccc1C(OP(=O)(O)O)[C@H]1O[C@@H](n2cnc3c(=O)[nH]c(N)nc32)C[C@@H]1O. The van der Waals surface area contributed by atoms with Gasteiger partial charge >= 0.3 is 7.82 Å². The van der Waals surface area contributed by atoms with Crippen LogP contribution in [0.1, 0.15) is 42.4 Å². The smallest absolute Gasteiger partial charge is 0.390 e. The van der Waals surface area contributed by atoms with Gasteiger partial charge in [0.2, 0.25) is 11.9 Å². The summed E-state index contributed by atoms with van der Waals surface area (Å²) in [7, 11) is -5.05. The van der Waals surface area contributed by atoms with Gasteiger partial charge in [0.15, 0.2) is 11.2 Å². The van der Waals surface area contributed by atoms with E-state index in [4.69, 9.17) is 15.0 Å². The van der Waals surface area contributed by atoms with E-state index in [1.165, 1.54) is 17.8 Å². The first-order valence-corrected chi connectivity index (χ1v) is 13.8. The minimum absolute atomic E-state index is 0.000848. The van der Waals surface area contributed by atoms with Crippen molar-refractivity contribution in [2.24, 2.45) is 0 Å². The van der Waals surface area contributed by atoms with Gasteiger partial charge in [-0.25, -0.2) is 9.55 Å². The highest BCUT2D eigenvalue weighted by atomic mass is 31.2. The molecule has 2 aromatic heterocycles. The Kier molecular flexibility index (Phi) is 6.33. The van der Waals surface area contributed by atoms with E-state index >= 15 is 0 Å². The summed E-state index contributed by atoms with van der Waals surface area (Å²) < 4.78 is 25.0. The van der Waals surface area contributed by atoms with Crippen LogP contribution in [0.3, 0.4) is 0 Å². The second kappa shape index (κ2) is 9.63. The van der Waals surface area contributed by atoms with Crippen molar-refractivity contribution >= 4 is 36.5 Å². The Balaban J connectivity index is 1.37. The summed E-state index contributed by atoms with van der Waals surface area (Å²) >= 11 is 0. The van der Waals surface area contributed by atoms with Crippen molar-refractivity contribution in [3.05, 3.63) is 69.8 Å². The Morgan fingerprint density at radius 1 is 1.30 bits per heavy atom. The summed E-state index contributed by atoms with van der Waals surface area (Å²) in [4.78, 5) is 54.0. The number of aliphatic hydroxyl groups excluding tert-OH is 1. The molecule has 40 heavy (non-hydrogen) atoms. The summed E-state index contributed by atoms with van der Waals surface area (Å²) in [5.41, 5.74) is 9.79. The van der Waals surface area contributed by atoms with Gasteiger partial charge in [0.05, 0.1) is 12.4 Å². The lowest BCUT2D eigenvalue weighted by Crippen LogP contribution is -2.30. The molecule has 0 radical (unpaired) electrons. The van der Waals surface area contributed by atoms with Crippen molar-refractivity contribution in [2.75, 3.05) is 11.1 Å². The molecule has 1 saturated heterocycles. The van der Waals surface area contributed by atoms with Gasteiger partial charge in [-0.05, 0) is 46.4 Å². The number of aromatic amines is 1. The first-order valence-electron chi connectivity index (χ1n) is 12.3. The van der Waals surface area contributed by atoms with Crippen molar-refractivity contribution in [1.82, 2.24) is 19.5 Å². The quantitative estimate of drug-likeness (QED) is 0.162. The van der Waals surface area contributed by atoms with E-state index in [1.54, 1.807) is 18.2 Å². The molecule has 208 valence electrons. The molecule has 4 atom stereocenters. The number of carbonyl (C=O) groups is 1. The van der Waals surface area contributed by atoms with Gasteiger partial charge in [-0.3, -0.25) is 23.7 Å². The number of anilines is 2. The van der Waals surface area contributed by atoms with Crippen molar-refractivity contribution in [3.63, 3.8) is 0 Å². The molecular weight excluding hydrogens is 543 g/mol. The third kappa shape index (κ3) is 4.70. The van der Waals surface area contributed by atoms with E-state index in [0.29, 0.717) is 17.7 Å². The van der Waals surface area contributed by atoms with Crippen LogP contribution in [0, 0.1) is 0 Å². The van der Waals surface area contributed by atoms with Crippen LogP contribution in [-0.4, -0.2) is 52.5 Å². The number of imidazole rings is 1. The predicted molar refractivity (Wildman–Crippen MR) is 142 cm³/mol. The lowest BCUT2D eigenvalue weighted by molar-refractivity contribution is -0.114. The number of aromatic nitrogens is 4. The second-order valence-corrected chi connectivity index (χ2v) is 10.9. The minimum atomic E-state index is -5.05. The third-order valence-corrected chi connectivity index (χ3v) is 7.55. The zero-order chi connectivity index (χ0) is 28.3. The number of amides is 1. The van der Waals surface area contributed by atoms with Crippen LogP contribution in [-0.2, 0) is 25.0 Å². The molecule has 2 aliphatic rings. The van der Waals surface area contributed by atoms with Crippen LogP contribution in [0.5, 0.6) is 0 Å². The maximum absolute atomic E-state index is 12.2. The fourth-order valence-corrected chi connectivity index (χ4v) is 6.04. The average Bonchev–Trinajstić information content (AvgIpc) is 3.56. The van der Waals surface area contributed by atoms with Crippen molar-refractivity contribution < 1.29 is 33.5 Å². The number of nitrogen functional groups attached to an aromatic ring is 1. The number of fused-ring (bicyclic) bond motifs is 4. The van der Waals surface area contributed by atoms with Crippen molar-refractivity contribution in [2.45, 2.75) is 44.3 Å². The number of phosphoric ester groups is 1. The summed E-state index contributed by atoms with van der Waals surface area (Å²) in [6.07, 6.45) is -2.90. The van der Waals surface area contributed by atoms with E-state index in [0.717, 1.165) is 22.3 Å². The molecule has 1 fully saturated rings. The maximum Gasteiger partial charge on any atom is 0.470 e. The highest BCUT2D eigenvalue weighted by Gasteiger charge is 2.45. The molecule has 1 aliphatic carbocycles. The average molecular weight is 568 g/mol. The first kappa shape index (κ1) is 26.3. The fraction of sp³-hybridized carbons (Fsp3) is 0.280. The fourth-order valence-electron chi connectivity index (χ4n) is 5.51. The Labute approximate surface area is 226 Å². The molecule has 0 bridgehead atoms. The minimum Gasteiger partial charge on any atom is -0.390 e. The number of ether oxygens (including phenoxy) is 1. The van der Waals surface area contributed by atoms with Crippen LogP contribution in [0.15, 0.2) is 47.5 Å². The van der Waals surface area contributed by atoms with Gasteiger partial charge in [0.25, 0.3) is 5.56 Å². The molecular formula is C25H25N6O8P. The first-order chi connectivity index (χ1) is 19.0. The van der Waals surface area contributed by atoms with Gasteiger partial charge in [-0.2, -0.15) is 4.98 Å². The standard InChI is InChI=1S/C25H25N6O8P/c1-11(32)28-13-5-6-14-12(7-13)8-17-15(14)3-2-4-16(17)21(39-40(35,36)37)22-18(33)9-19(38-22)31-10-27-20-23(31)29-25(26)30-24(20)34/h2-7,10,18-19,21-22,33H,8-9H2,1H3,(H,28,32)(H2,35,36,37)(H3,26,29,30,34)/t18-,19+,21?,22-/m0/s1. The molecule has 15 heteroatoms. The largest absolute Gasteiger partial charge is 0.470 e. The highest BCUT2D eigenvalue weighted by molar-refractivity contribution is 7.46. The lowest BCUT2D eigenvalue weighted by atomic mass is 9.93. The number of nitrogens with two attached hydrogens (primary N) is 1. The topological polar surface area (TPSA) is 215 Å². The Morgan fingerprint density at radius 3 is 2.85 bits per heavy atom. The molecule has 14 nitrogen and oxygen atoms in total. The summed E-state index contributed by atoms with van der Waals surface area (Å²) in [5.74, 6) is -0.334. The highest BCUT2D eigenvalue weighted by Crippen LogP contribution is 2.50. The van der Waals surface area contributed by atoms with E-state index < -0.39 is 37.9 Å². The van der Waals surface area contributed by atoms with Gasteiger partial charge in [0.1, 0.15) is 18.4 Å². The number of aliphatic hydroxyl groups is 1. The number of benzene rings is 2. The Hall–Kier alpha value is -3.91. The maximum atomic E-state index is 12.2. The monoisotopic (exact) mass is 568 g/mol. The number of carbonyl (C=O) groups excluding carboxylic acids is 1.